The SMILES string of the molecule is CC(C)(C)c1ccc(N=Cc2ccc([N+](=O)[O-])o2)cc1. The molecule has 0 unspecified atom stereocenters. The van der Waals surface area contributed by atoms with E-state index in [1.807, 2.05) is 24.3 Å². The van der Waals surface area contributed by atoms with E-state index in [9.17, 15) is 10.1 Å². The smallest absolute Gasteiger partial charge is 0.400 e. The van der Waals surface area contributed by atoms with Gasteiger partial charge in [0.05, 0.1) is 18.0 Å². The van der Waals surface area contributed by atoms with Gasteiger partial charge in [0, 0.05) is 0 Å². The number of hydrogen-bond donors (Lipinski definition) is 0. The van der Waals surface area contributed by atoms with E-state index in [-0.39, 0.29) is 11.3 Å². The normalized spacial score (nSPS) is 11.9. The summed E-state index contributed by atoms with van der Waals surface area (Å²) in [7, 11) is 0. The van der Waals surface area contributed by atoms with Crippen molar-refractivity contribution in [1.29, 1.82) is 0 Å². The topological polar surface area (TPSA) is 68.6 Å². The summed E-state index contributed by atoms with van der Waals surface area (Å²) in [6, 6.07) is 10.7. The Bertz CT molecular complexity index is 634. The molecule has 5 heteroatoms. The first kappa shape index (κ1) is 14.0. The van der Waals surface area contributed by atoms with Gasteiger partial charge < -0.3 is 4.42 Å². The van der Waals surface area contributed by atoms with Gasteiger partial charge in [-0.25, -0.2) is 0 Å². The average molecular weight is 272 g/mol. The standard InChI is InChI=1S/C15H16N2O3/c1-15(2,3)11-4-6-12(7-5-11)16-10-13-8-9-14(20-13)17(18)19/h4-10H,1-3H3. The molecular weight excluding hydrogens is 256 g/mol. The summed E-state index contributed by atoms with van der Waals surface area (Å²) >= 11 is 0. The molecule has 1 aromatic heterocycles. The molecule has 1 aromatic carbocycles. The van der Waals surface area contributed by atoms with E-state index in [4.69, 9.17) is 4.42 Å². The number of nitro groups is 1. The zero-order valence-electron chi connectivity index (χ0n) is 11.7. The van der Waals surface area contributed by atoms with Crippen molar-refractivity contribution in [1.82, 2.24) is 0 Å². The summed E-state index contributed by atoms with van der Waals surface area (Å²) in [5.74, 6) is 0.0751. The fourth-order valence-corrected chi connectivity index (χ4v) is 1.70. The minimum absolute atomic E-state index is 0.101. The second-order valence-corrected chi connectivity index (χ2v) is 5.49. The van der Waals surface area contributed by atoms with Crippen molar-refractivity contribution in [3.05, 3.63) is 57.8 Å². The zero-order chi connectivity index (χ0) is 14.8. The molecule has 104 valence electrons. The summed E-state index contributed by atoms with van der Waals surface area (Å²) in [6.07, 6.45) is 1.47. The van der Waals surface area contributed by atoms with E-state index >= 15 is 0 Å². The molecule has 20 heavy (non-hydrogen) atoms. The first-order chi connectivity index (χ1) is 9.36. The van der Waals surface area contributed by atoms with Crippen molar-refractivity contribution in [2.45, 2.75) is 26.2 Å². The highest BCUT2D eigenvalue weighted by atomic mass is 16.6. The third-order valence-electron chi connectivity index (χ3n) is 2.87. The molecule has 0 N–H and O–H groups in total. The van der Waals surface area contributed by atoms with Gasteiger partial charge in [0.15, 0.2) is 5.76 Å². The Morgan fingerprint density at radius 1 is 1.15 bits per heavy atom. The Labute approximate surface area is 117 Å². The predicted octanol–water partition coefficient (Wildman–Crippen LogP) is 4.24. The van der Waals surface area contributed by atoms with Gasteiger partial charge in [0.2, 0.25) is 0 Å². The summed E-state index contributed by atoms with van der Waals surface area (Å²) in [5, 5.41) is 10.5. The molecule has 0 aliphatic rings. The van der Waals surface area contributed by atoms with Crippen LogP contribution in [0.15, 0.2) is 45.8 Å². The molecule has 0 amide bonds. The number of furan rings is 1. The molecule has 0 saturated carbocycles. The lowest BCUT2D eigenvalue weighted by Gasteiger charge is -2.18. The number of rotatable bonds is 3. The van der Waals surface area contributed by atoms with E-state index in [0.29, 0.717) is 5.76 Å². The van der Waals surface area contributed by atoms with Gasteiger partial charge >= 0.3 is 5.88 Å². The molecule has 0 fully saturated rings. The van der Waals surface area contributed by atoms with E-state index in [1.54, 1.807) is 0 Å². The molecular formula is C15H16N2O3. The maximum atomic E-state index is 10.5. The van der Waals surface area contributed by atoms with Gasteiger partial charge in [0.1, 0.15) is 4.92 Å². The molecule has 2 rings (SSSR count). The monoisotopic (exact) mass is 272 g/mol. The Morgan fingerprint density at radius 3 is 2.30 bits per heavy atom. The second kappa shape index (κ2) is 5.28. The predicted molar refractivity (Wildman–Crippen MR) is 77.8 cm³/mol. The fraction of sp³-hybridized carbons (Fsp3) is 0.267. The highest BCUT2D eigenvalue weighted by Gasteiger charge is 2.13. The number of benzene rings is 1. The van der Waals surface area contributed by atoms with Gasteiger partial charge in [-0.3, -0.25) is 15.1 Å². The van der Waals surface area contributed by atoms with E-state index in [0.717, 1.165) is 5.69 Å². The van der Waals surface area contributed by atoms with Crippen LogP contribution >= 0.6 is 0 Å². The van der Waals surface area contributed by atoms with Crippen LogP contribution < -0.4 is 0 Å². The van der Waals surface area contributed by atoms with Gasteiger partial charge in [0.25, 0.3) is 0 Å². The summed E-state index contributed by atoms with van der Waals surface area (Å²) < 4.78 is 5.00. The van der Waals surface area contributed by atoms with Crippen LogP contribution in [0.3, 0.4) is 0 Å². The summed E-state index contributed by atoms with van der Waals surface area (Å²) in [4.78, 5) is 14.1. The van der Waals surface area contributed by atoms with Gasteiger partial charge in [-0.1, -0.05) is 32.9 Å². The van der Waals surface area contributed by atoms with E-state index in [1.165, 1.54) is 23.9 Å². The number of hydrogen-bond acceptors (Lipinski definition) is 4. The first-order valence-electron chi connectivity index (χ1n) is 6.25. The second-order valence-electron chi connectivity index (χ2n) is 5.49. The number of aliphatic imine (C=N–C) groups is 1. The highest BCUT2D eigenvalue weighted by molar-refractivity contribution is 5.79. The van der Waals surface area contributed by atoms with Gasteiger partial charge in [-0.05, 0) is 29.2 Å². The molecule has 0 bridgehead atoms. The molecule has 0 radical (unpaired) electrons. The summed E-state index contributed by atoms with van der Waals surface area (Å²) in [5.41, 5.74) is 2.10. The quantitative estimate of drug-likeness (QED) is 0.477. The molecule has 0 spiro atoms. The molecule has 0 aliphatic carbocycles. The van der Waals surface area contributed by atoms with Crippen LogP contribution in [0.5, 0.6) is 0 Å². The van der Waals surface area contributed by atoms with Crippen molar-refractivity contribution in [2.75, 3.05) is 0 Å². The van der Waals surface area contributed by atoms with Crippen LogP contribution in [-0.4, -0.2) is 11.1 Å². The lowest BCUT2D eigenvalue weighted by Crippen LogP contribution is -2.10. The molecule has 0 saturated heterocycles. The van der Waals surface area contributed by atoms with Crippen LogP contribution in [-0.2, 0) is 5.41 Å². The van der Waals surface area contributed by atoms with Crippen molar-refractivity contribution < 1.29 is 9.34 Å². The highest BCUT2D eigenvalue weighted by Crippen LogP contribution is 2.24. The minimum Gasteiger partial charge on any atom is -0.400 e. The fourth-order valence-electron chi connectivity index (χ4n) is 1.70. The Morgan fingerprint density at radius 2 is 1.80 bits per heavy atom. The van der Waals surface area contributed by atoms with E-state index in [2.05, 4.69) is 25.8 Å². The van der Waals surface area contributed by atoms with Crippen molar-refractivity contribution in [3.63, 3.8) is 0 Å². The van der Waals surface area contributed by atoms with Crippen molar-refractivity contribution in [2.24, 2.45) is 4.99 Å². The zero-order valence-corrected chi connectivity index (χ0v) is 11.7. The Kier molecular flexibility index (Phi) is 3.70. The molecule has 1 heterocycles. The largest absolute Gasteiger partial charge is 0.433 e. The van der Waals surface area contributed by atoms with Crippen LogP contribution in [0.2, 0.25) is 0 Å². The molecule has 2 aromatic rings. The van der Waals surface area contributed by atoms with E-state index < -0.39 is 4.92 Å². The summed E-state index contributed by atoms with van der Waals surface area (Å²) in [6.45, 7) is 6.44. The first-order valence-corrected chi connectivity index (χ1v) is 6.25. The van der Waals surface area contributed by atoms with Gasteiger partial charge in [-0.2, -0.15) is 0 Å². The average Bonchev–Trinajstić information content (AvgIpc) is 2.85. The van der Waals surface area contributed by atoms with Crippen LogP contribution in [0.25, 0.3) is 0 Å². The van der Waals surface area contributed by atoms with Crippen LogP contribution in [0.1, 0.15) is 32.1 Å². The van der Waals surface area contributed by atoms with Crippen molar-refractivity contribution in [3.8, 4) is 0 Å². The Balaban J connectivity index is 2.13. The third-order valence-corrected chi connectivity index (χ3v) is 2.87. The molecule has 0 aliphatic heterocycles. The van der Waals surface area contributed by atoms with Crippen LogP contribution in [0.4, 0.5) is 11.6 Å². The maximum Gasteiger partial charge on any atom is 0.433 e. The molecule has 0 atom stereocenters. The van der Waals surface area contributed by atoms with Crippen LogP contribution in [0, 0.1) is 10.1 Å². The van der Waals surface area contributed by atoms with Crippen molar-refractivity contribution >= 4 is 17.8 Å². The lowest BCUT2D eigenvalue weighted by molar-refractivity contribution is -0.402. The number of nitrogens with zero attached hydrogens (tertiary/aromatic N) is 2. The minimum atomic E-state index is -0.574. The third kappa shape index (κ3) is 3.32. The maximum absolute atomic E-state index is 10.5. The molecule has 5 nitrogen and oxygen atoms in total. The Hall–Kier alpha value is -2.43. The van der Waals surface area contributed by atoms with Gasteiger partial charge in [-0.15, -0.1) is 0 Å². The lowest BCUT2D eigenvalue weighted by atomic mass is 9.87.